The summed E-state index contributed by atoms with van der Waals surface area (Å²) < 4.78 is 0. The van der Waals surface area contributed by atoms with E-state index in [2.05, 4.69) is 36.2 Å². The van der Waals surface area contributed by atoms with E-state index in [0.29, 0.717) is 12.1 Å². The van der Waals surface area contributed by atoms with Gasteiger partial charge in [-0.25, -0.2) is 0 Å². The maximum atomic E-state index is 6.00. The molecule has 1 fully saturated rings. The lowest BCUT2D eigenvalue weighted by Crippen LogP contribution is -2.42. The van der Waals surface area contributed by atoms with Gasteiger partial charge in [0, 0.05) is 18.6 Å². The minimum absolute atomic E-state index is 0.584. The predicted molar refractivity (Wildman–Crippen MR) is 75.5 cm³/mol. The zero-order valence-corrected chi connectivity index (χ0v) is 11.3. The van der Waals surface area contributed by atoms with Gasteiger partial charge >= 0.3 is 0 Å². The summed E-state index contributed by atoms with van der Waals surface area (Å²) in [6.07, 6.45) is 6.60. The third kappa shape index (κ3) is 2.19. The van der Waals surface area contributed by atoms with E-state index in [9.17, 15) is 0 Å². The van der Waals surface area contributed by atoms with Crippen molar-refractivity contribution in [3.8, 4) is 0 Å². The van der Waals surface area contributed by atoms with Crippen LogP contribution in [0.5, 0.6) is 0 Å². The molecule has 2 N–H and O–H groups in total. The zero-order valence-electron chi connectivity index (χ0n) is 11.3. The molecular formula is C16H24N2. The number of hydrogen-bond acceptors (Lipinski definition) is 2. The minimum atomic E-state index is 0.584. The summed E-state index contributed by atoms with van der Waals surface area (Å²) in [5, 5.41) is 0. The summed E-state index contributed by atoms with van der Waals surface area (Å²) in [5.41, 5.74) is 9.09. The van der Waals surface area contributed by atoms with Gasteiger partial charge < -0.3 is 5.73 Å². The van der Waals surface area contributed by atoms with Crippen LogP contribution in [0.3, 0.4) is 0 Å². The van der Waals surface area contributed by atoms with Crippen LogP contribution < -0.4 is 5.73 Å². The first-order valence-electron chi connectivity index (χ1n) is 7.31. The Morgan fingerprint density at radius 1 is 1.28 bits per heavy atom. The van der Waals surface area contributed by atoms with Crippen molar-refractivity contribution >= 4 is 0 Å². The summed E-state index contributed by atoms with van der Waals surface area (Å²) in [6.45, 7) is 0.805. The van der Waals surface area contributed by atoms with E-state index >= 15 is 0 Å². The minimum Gasteiger partial charge on any atom is -0.329 e. The average Bonchev–Trinajstić information content (AvgIpc) is 3.23. The highest BCUT2D eigenvalue weighted by molar-refractivity contribution is 5.32. The predicted octanol–water partition coefficient (Wildman–Crippen LogP) is 2.73. The lowest BCUT2D eigenvalue weighted by Gasteiger charge is -2.38. The Morgan fingerprint density at radius 3 is 2.78 bits per heavy atom. The van der Waals surface area contributed by atoms with Crippen LogP contribution in [0.2, 0.25) is 0 Å². The first-order valence-corrected chi connectivity index (χ1v) is 7.31. The Labute approximate surface area is 110 Å². The van der Waals surface area contributed by atoms with Crippen molar-refractivity contribution in [1.82, 2.24) is 4.90 Å². The maximum absolute atomic E-state index is 6.00. The number of nitrogens with zero attached hydrogens (tertiary/aromatic N) is 1. The third-order valence-corrected chi connectivity index (χ3v) is 4.76. The van der Waals surface area contributed by atoms with Crippen molar-refractivity contribution in [3.63, 3.8) is 0 Å². The molecule has 2 atom stereocenters. The fourth-order valence-electron chi connectivity index (χ4n) is 3.55. The molecule has 2 aliphatic rings. The first-order chi connectivity index (χ1) is 8.81. The molecule has 0 saturated heterocycles. The van der Waals surface area contributed by atoms with Crippen LogP contribution in [-0.2, 0) is 6.42 Å². The second kappa shape index (κ2) is 5.02. The normalized spacial score (nSPS) is 24.9. The smallest absolute Gasteiger partial charge is 0.0351 e. The standard InChI is InChI=1S/C16H24N2/c1-18(16(11-17)13-9-10-13)15-8-4-6-12-5-2-3-7-14(12)15/h2-3,5,7,13,15-16H,4,6,8-11,17H2,1H3. The molecule has 2 heteroatoms. The van der Waals surface area contributed by atoms with Crippen LogP contribution in [0.1, 0.15) is 42.9 Å². The SMILES string of the molecule is CN(C1CCCc2ccccc21)C(CN)C1CC1. The van der Waals surface area contributed by atoms with Crippen LogP contribution >= 0.6 is 0 Å². The first kappa shape index (κ1) is 12.2. The lowest BCUT2D eigenvalue weighted by molar-refractivity contribution is 0.144. The van der Waals surface area contributed by atoms with E-state index in [4.69, 9.17) is 5.73 Å². The second-order valence-electron chi connectivity index (χ2n) is 5.91. The quantitative estimate of drug-likeness (QED) is 0.882. The molecule has 0 bridgehead atoms. The monoisotopic (exact) mass is 244 g/mol. The van der Waals surface area contributed by atoms with Crippen LogP contribution in [0.15, 0.2) is 24.3 Å². The van der Waals surface area contributed by atoms with Gasteiger partial charge in [-0.3, -0.25) is 4.90 Å². The fraction of sp³-hybridized carbons (Fsp3) is 0.625. The van der Waals surface area contributed by atoms with Gasteiger partial charge in [0.15, 0.2) is 0 Å². The van der Waals surface area contributed by atoms with Crippen molar-refractivity contribution < 1.29 is 0 Å². The van der Waals surface area contributed by atoms with Gasteiger partial charge in [0.25, 0.3) is 0 Å². The van der Waals surface area contributed by atoms with Gasteiger partial charge in [0.1, 0.15) is 0 Å². The number of likely N-dealkylation sites (N-methyl/N-ethyl adjacent to an activating group) is 1. The molecule has 0 heterocycles. The number of hydrogen-bond donors (Lipinski definition) is 1. The molecule has 2 unspecified atom stereocenters. The van der Waals surface area contributed by atoms with E-state index in [-0.39, 0.29) is 0 Å². The molecule has 98 valence electrons. The van der Waals surface area contributed by atoms with E-state index in [1.807, 2.05) is 0 Å². The molecule has 2 nitrogen and oxygen atoms in total. The number of rotatable bonds is 4. The molecule has 1 aromatic rings. The highest BCUT2D eigenvalue weighted by Crippen LogP contribution is 2.40. The number of benzene rings is 1. The molecule has 0 aromatic heterocycles. The number of aryl methyl sites for hydroxylation is 1. The molecule has 2 aliphatic carbocycles. The summed E-state index contributed by atoms with van der Waals surface area (Å²) in [7, 11) is 2.28. The van der Waals surface area contributed by atoms with Gasteiger partial charge in [0.05, 0.1) is 0 Å². The maximum Gasteiger partial charge on any atom is 0.0351 e. The van der Waals surface area contributed by atoms with E-state index in [1.165, 1.54) is 32.1 Å². The second-order valence-corrected chi connectivity index (χ2v) is 5.91. The third-order valence-electron chi connectivity index (χ3n) is 4.76. The molecule has 3 rings (SSSR count). The summed E-state index contributed by atoms with van der Waals surface area (Å²) in [6, 6.07) is 10.1. The number of fused-ring (bicyclic) bond motifs is 1. The van der Waals surface area contributed by atoms with Gasteiger partial charge in [-0.15, -0.1) is 0 Å². The van der Waals surface area contributed by atoms with Crippen molar-refractivity contribution in [1.29, 1.82) is 0 Å². The highest BCUT2D eigenvalue weighted by Gasteiger charge is 2.36. The fourth-order valence-corrected chi connectivity index (χ4v) is 3.55. The largest absolute Gasteiger partial charge is 0.329 e. The van der Waals surface area contributed by atoms with Crippen molar-refractivity contribution in [2.75, 3.05) is 13.6 Å². The van der Waals surface area contributed by atoms with Crippen molar-refractivity contribution in [2.45, 2.75) is 44.2 Å². The Kier molecular flexibility index (Phi) is 3.40. The summed E-state index contributed by atoms with van der Waals surface area (Å²) in [4.78, 5) is 2.57. The number of nitrogens with two attached hydrogens (primary N) is 1. The molecule has 18 heavy (non-hydrogen) atoms. The topological polar surface area (TPSA) is 29.3 Å². The van der Waals surface area contributed by atoms with Crippen molar-refractivity contribution in [3.05, 3.63) is 35.4 Å². The Morgan fingerprint density at radius 2 is 2.06 bits per heavy atom. The Balaban J connectivity index is 1.84. The van der Waals surface area contributed by atoms with Gasteiger partial charge in [-0.2, -0.15) is 0 Å². The highest BCUT2D eigenvalue weighted by atomic mass is 15.2. The zero-order chi connectivity index (χ0) is 12.5. The van der Waals surface area contributed by atoms with Crippen LogP contribution in [0.4, 0.5) is 0 Å². The summed E-state index contributed by atoms with van der Waals surface area (Å²) in [5.74, 6) is 0.856. The van der Waals surface area contributed by atoms with Crippen LogP contribution in [0, 0.1) is 5.92 Å². The molecule has 0 amide bonds. The van der Waals surface area contributed by atoms with Gasteiger partial charge in [-0.1, -0.05) is 24.3 Å². The molecule has 0 spiro atoms. The van der Waals surface area contributed by atoms with E-state index in [0.717, 1.165) is 12.5 Å². The van der Waals surface area contributed by atoms with Crippen LogP contribution in [0.25, 0.3) is 0 Å². The molecular weight excluding hydrogens is 220 g/mol. The molecule has 0 radical (unpaired) electrons. The van der Waals surface area contributed by atoms with Gasteiger partial charge in [-0.05, 0) is 56.2 Å². The Hall–Kier alpha value is -0.860. The van der Waals surface area contributed by atoms with Gasteiger partial charge in [0.2, 0.25) is 0 Å². The molecule has 0 aliphatic heterocycles. The van der Waals surface area contributed by atoms with E-state index < -0.39 is 0 Å². The average molecular weight is 244 g/mol. The molecule has 1 aromatic carbocycles. The van der Waals surface area contributed by atoms with E-state index in [1.54, 1.807) is 11.1 Å². The lowest BCUT2D eigenvalue weighted by atomic mass is 9.86. The molecule has 1 saturated carbocycles. The Bertz CT molecular complexity index is 411. The summed E-state index contributed by atoms with van der Waals surface area (Å²) >= 11 is 0. The van der Waals surface area contributed by atoms with Crippen molar-refractivity contribution in [2.24, 2.45) is 11.7 Å². The van der Waals surface area contributed by atoms with Crippen LogP contribution in [-0.4, -0.2) is 24.5 Å².